The number of hydrogen-bond acceptors (Lipinski definition) is 6. The third-order valence-corrected chi connectivity index (χ3v) is 5.92. The van der Waals surface area contributed by atoms with Crippen molar-refractivity contribution in [2.45, 2.75) is 50.6 Å². The van der Waals surface area contributed by atoms with Crippen LogP contribution in [0.2, 0.25) is 0 Å². The smallest absolute Gasteiger partial charge is 0.434 e. The number of aromatic nitrogens is 5. The van der Waals surface area contributed by atoms with Crippen LogP contribution in [0.15, 0.2) is 43.0 Å². The number of fused-ring (bicyclic) bond motifs is 2. The average Bonchev–Trinajstić information content (AvgIpc) is 3.49. The molecule has 32 heavy (non-hydrogen) atoms. The van der Waals surface area contributed by atoms with Crippen LogP contribution in [-0.4, -0.2) is 54.0 Å². The van der Waals surface area contributed by atoms with Crippen molar-refractivity contribution in [2.75, 3.05) is 0 Å². The zero-order valence-corrected chi connectivity index (χ0v) is 17.0. The number of halogens is 3. The summed E-state index contributed by atoms with van der Waals surface area (Å²) in [4.78, 5) is 23.9. The molecule has 0 aliphatic carbocycles. The summed E-state index contributed by atoms with van der Waals surface area (Å²) in [5.41, 5.74) is 0.977. The van der Waals surface area contributed by atoms with Crippen LogP contribution in [-0.2, 0) is 6.18 Å². The van der Waals surface area contributed by atoms with E-state index in [1.165, 1.54) is 4.80 Å². The van der Waals surface area contributed by atoms with Gasteiger partial charge >= 0.3 is 6.18 Å². The molecule has 2 saturated heterocycles. The molecule has 11 heteroatoms. The predicted octanol–water partition coefficient (Wildman–Crippen LogP) is 3.21. The van der Waals surface area contributed by atoms with Gasteiger partial charge in [0.1, 0.15) is 6.10 Å². The second-order valence-electron chi connectivity index (χ2n) is 7.98. The van der Waals surface area contributed by atoms with Crippen LogP contribution in [0.3, 0.4) is 0 Å². The number of ether oxygens (including phenoxy) is 1. The lowest BCUT2D eigenvalue weighted by molar-refractivity contribution is -0.141. The zero-order chi connectivity index (χ0) is 22.5. The maximum absolute atomic E-state index is 13.5. The topological polar surface area (TPSA) is 86.0 Å². The Balaban J connectivity index is 1.37. The Morgan fingerprint density at radius 3 is 2.59 bits per heavy atom. The molecule has 3 atom stereocenters. The molecule has 0 saturated carbocycles. The molecule has 3 aromatic rings. The van der Waals surface area contributed by atoms with Gasteiger partial charge in [0.25, 0.3) is 5.91 Å². The van der Waals surface area contributed by atoms with E-state index in [1.54, 1.807) is 18.5 Å². The van der Waals surface area contributed by atoms with Gasteiger partial charge in [-0.1, -0.05) is 6.07 Å². The highest BCUT2D eigenvalue weighted by molar-refractivity contribution is 5.98. The molecule has 8 nitrogen and oxygen atoms in total. The van der Waals surface area contributed by atoms with E-state index in [0.717, 1.165) is 24.6 Å². The van der Waals surface area contributed by atoms with Gasteiger partial charge in [-0.15, -0.1) is 0 Å². The molecule has 4 heterocycles. The van der Waals surface area contributed by atoms with Crippen molar-refractivity contribution in [1.82, 2.24) is 29.9 Å². The van der Waals surface area contributed by atoms with Gasteiger partial charge in [-0.2, -0.15) is 28.2 Å². The monoisotopic (exact) mass is 444 g/mol. The second kappa shape index (κ2) is 7.57. The molecule has 0 spiro atoms. The maximum atomic E-state index is 13.5. The minimum atomic E-state index is -4.56. The number of hydrogen-bond donors (Lipinski definition) is 0. The fraction of sp³-hybridized carbons (Fsp3) is 0.381. The van der Waals surface area contributed by atoms with E-state index in [-0.39, 0.29) is 30.0 Å². The third kappa shape index (κ3) is 3.57. The van der Waals surface area contributed by atoms with Gasteiger partial charge < -0.3 is 9.64 Å². The molecular weight excluding hydrogens is 425 g/mol. The predicted molar refractivity (Wildman–Crippen MR) is 105 cm³/mol. The fourth-order valence-corrected chi connectivity index (χ4v) is 4.52. The second-order valence-corrected chi connectivity index (χ2v) is 7.98. The van der Waals surface area contributed by atoms with Gasteiger partial charge in [0.05, 0.1) is 42.1 Å². The number of nitrogens with zero attached hydrogens (tertiary/aromatic N) is 6. The SMILES string of the molecule is Cc1ccc(C(=O)N2C3CCC2C(Oc2cnc(C(F)(F)F)cn2)C3)c(-n2nccn2)c1. The summed E-state index contributed by atoms with van der Waals surface area (Å²) < 4.78 is 44.0. The van der Waals surface area contributed by atoms with E-state index >= 15 is 0 Å². The molecule has 2 bridgehead atoms. The number of rotatable bonds is 4. The van der Waals surface area contributed by atoms with E-state index < -0.39 is 11.9 Å². The molecule has 1 amide bonds. The summed E-state index contributed by atoms with van der Waals surface area (Å²) in [5.74, 6) is -0.130. The maximum Gasteiger partial charge on any atom is 0.434 e. The number of alkyl halides is 3. The minimum absolute atomic E-state index is 0.0136. The first-order valence-corrected chi connectivity index (χ1v) is 10.2. The Morgan fingerprint density at radius 2 is 1.91 bits per heavy atom. The van der Waals surface area contributed by atoms with Crippen molar-refractivity contribution in [3.8, 4) is 11.6 Å². The minimum Gasteiger partial charge on any atom is -0.471 e. The van der Waals surface area contributed by atoms with Crippen molar-refractivity contribution in [3.63, 3.8) is 0 Å². The number of amides is 1. The van der Waals surface area contributed by atoms with Gasteiger partial charge in [-0.3, -0.25) is 4.79 Å². The Morgan fingerprint density at radius 1 is 1.12 bits per heavy atom. The number of aryl methyl sites for hydroxylation is 1. The van der Waals surface area contributed by atoms with Crippen LogP contribution in [0.4, 0.5) is 13.2 Å². The highest BCUT2D eigenvalue weighted by atomic mass is 19.4. The van der Waals surface area contributed by atoms with Crippen molar-refractivity contribution in [2.24, 2.45) is 0 Å². The van der Waals surface area contributed by atoms with Crippen LogP contribution in [0.5, 0.6) is 5.88 Å². The average molecular weight is 444 g/mol. The van der Waals surface area contributed by atoms with E-state index in [1.807, 2.05) is 24.0 Å². The van der Waals surface area contributed by atoms with E-state index in [0.29, 0.717) is 23.9 Å². The van der Waals surface area contributed by atoms with Crippen molar-refractivity contribution in [1.29, 1.82) is 0 Å². The van der Waals surface area contributed by atoms with Gasteiger partial charge in [-0.05, 0) is 37.5 Å². The lowest BCUT2D eigenvalue weighted by Crippen LogP contribution is -2.39. The highest BCUT2D eigenvalue weighted by Gasteiger charge is 2.50. The van der Waals surface area contributed by atoms with Crippen LogP contribution in [0.25, 0.3) is 5.69 Å². The normalized spacial score (nSPS) is 22.4. The lowest BCUT2D eigenvalue weighted by Gasteiger charge is -2.25. The molecule has 2 fully saturated rings. The first kappa shape index (κ1) is 20.4. The number of benzene rings is 1. The van der Waals surface area contributed by atoms with Crippen LogP contribution in [0.1, 0.15) is 40.9 Å². The standard InChI is InChI=1S/C21H19F3N6O2/c1-12-2-4-14(16(8-12)30-27-6-7-28-30)20(31)29-13-3-5-15(29)17(9-13)32-19-11-25-18(10-26-19)21(22,23)24/h2,4,6-8,10-11,13,15,17H,3,5,9H2,1H3. The lowest BCUT2D eigenvalue weighted by atomic mass is 9.98. The van der Waals surface area contributed by atoms with Gasteiger partial charge in [0.2, 0.25) is 5.88 Å². The largest absolute Gasteiger partial charge is 0.471 e. The molecule has 0 radical (unpaired) electrons. The Hall–Kier alpha value is -3.50. The summed E-state index contributed by atoms with van der Waals surface area (Å²) in [6.07, 6.45) is 1.98. The first-order chi connectivity index (χ1) is 15.3. The number of carbonyl (C=O) groups excluding carboxylic acids is 1. The van der Waals surface area contributed by atoms with Crippen LogP contribution >= 0.6 is 0 Å². The van der Waals surface area contributed by atoms with Gasteiger partial charge in [0, 0.05) is 12.5 Å². The first-order valence-electron chi connectivity index (χ1n) is 10.2. The highest BCUT2D eigenvalue weighted by Crippen LogP contribution is 2.41. The molecule has 5 rings (SSSR count). The van der Waals surface area contributed by atoms with Gasteiger partial charge in [-0.25, -0.2) is 9.97 Å². The van der Waals surface area contributed by atoms with E-state index in [4.69, 9.17) is 4.74 Å². The molecule has 0 N–H and O–H groups in total. The summed E-state index contributed by atoms with van der Waals surface area (Å²) in [7, 11) is 0. The van der Waals surface area contributed by atoms with Crippen LogP contribution < -0.4 is 4.74 Å². The molecule has 166 valence electrons. The zero-order valence-electron chi connectivity index (χ0n) is 17.0. The fourth-order valence-electron chi connectivity index (χ4n) is 4.52. The van der Waals surface area contributed by atoms with Crippen molar-refractivity contribution >= 4 is 5.91 Å². The van der Waals surface area contributed by atoms with Gasteiger partial charge in [0.15, 0.2) is 5.69 Å². The summed E-state index contributed by atoms with van der Waals surface area (Å²) in [6.45, 7) is 1.93. The van der Waals surface area contributed by atoms with Crippen molar-refractivity contribution < 1.29 is 22.7 Å². The third-order valence-electron chi connectivity index (χ3n) is 5.92. The number of carbonyl (C=O) groups is 1. The van der Waals surface area contributed by atoms with E-state index in [9.17, 15) is 18.0 Å². The molecular formula is C21H19F3N6O2. The summed E-state index contributed by atoms with van der Waals surface area (Å²) >= 11 is 0. The Kier molecular flexibility index (Phi) is 4.83. The molecule has 3 unspecified atom stereocenters. The van der Waals surface area contributed by atoms with Crippen molar-refractivity contribution in [3.05, 3.63) is 59.8 Å². The molecule has 1 aromatic carbocycles. The van der Waals surface area contributed by atoms with E-state index in [2.05, 4.69) is 20.2 Å². The summed E-state index contributed by atoms with van der Waals surface area (Å²) in [5, 5.41) is 8.32. The Labute approximate surface area is 181 Å². The molecule has 2 aliphatic heterocycles. The molecule has 2 aromatic heterocycles. The summed E-state index contributed by atoms with van der Waals surface area (Å²) in [6, 6.07) is 5.28. The quantitative estimate of drug-likeness (QED) is 0.614. The Bertz CT molecular complexity index is 1130. The van der Waals surface area contributed by atoms with Crippen LogP contribution in [0, 0.1) is 6.92 Å². The molecule has 2 aliphatic rings.